The van der Waals surface area contributed by atoms with Gasteiger partial charge in [0, 0.05) is 0 Å². The van der Waals surface area contributed by atoms with Gasteiger partial charge >= 0.3 is 6.18 Å². The van der Waals surface area contributed by atoms with Gasteiger partial charge in [-0.05, 0) is 12.3 Å². The van der Waals surface area contributed by atoms with Crippen molar-refractivity contribution in [3.05, 3.63) is 0 Å². The van der Waals surface area contributed by atoms with Crippen LogP contribution in [0.5, 0.6) is 0 Å². The lowest BCUT2D eigenvalue weighted by Gasteiger charge is -2.15. The molecule has 0 saturated carbocycles. The summed E-state index contributed by atoms with van der Waals surface area (Å²) in [5.74, 6) is -0.601. The van der Waals surface area contributed by atoms with Gasteiger partial charge in [-0.1, -0.05) is 13.3 Å². The van der Waals surface area contributed by atoms with Crippen molar-refractivity contribution in [2.45, 2.75) is 32.4 Å². The van der Waals surface area contributed by atoms with Crippen LogP contribution in [0.2, 0.25) is 0 Å². The van der Waals surface area contributed by atoms with Gasteiger partial charge in [0.2, 0.25) is 10.0 Å². The van der Waals surface area contributed by atoms with E-state index in [2.05, 4.69) is 0 Å². The van der Waals surface area contributed by atoms with Gasteiger partial charge in [0.15, 0.2) is 0 Å². The molecule has 0 aliphatic carbocycles. The summed E-state index contributed by atoms with van der Waals surface area (Å²) in [6, 6.07) is 0. The zero-order valence-electron chi connectivity index (χ0n) is 9.66. The number of rotatable bonds is 8. The fraction of sp³-hybridized carbons (Fsp3) is 1.00. The zero-order chi connectivity index (χ0) is 13.5. The van der Waals surface area contributed by atoms with Crippen LogP contribution in [0.25, 0.3) is 0 Å². The fourth-order valence-corrected chi connectivity index (χ4v) is 2.31. The Hall–Kier alpha value is -0.340. The molecule has 0 heterocycles. The van der Waals surface area contributed by atoms with Gasteiger partial charge in [-0.2, -0.15) is 13.2 Å². The Labute approximate surface area is 99.4 Å². The number of alkyl halides is 3. The van der Waals surface area contributed by atoms with Crippen molar-refractivity contribution in [1.29, 1.82) is 0 Å². The fourth-order valence-electron chi connectivity index (χ4n) is 1.39. The van der Waals surface area contributed by atoms with Crippen LogP contribution in [0.4, 0.5) is 13.2 Å². The van der Waals surface area contributed by atoms with Gasteiger partial charge < -0.3 is 4.74 Å². The van der Waals surface area contributed by atoms with E-state index >= 15 is 0 Å². The first-order chi connectivity index (χ1) is 7.64. The average molecular weight is 277 g/mol. The molecular weight excluding hydrogens is 259 g/mol. The van der Waals surface area contributed by atoms with Crippen molar-refractivity contribution >= 4 is 10.0 Å². The van der Waals surface area contributed by atoms with E-state index in [1.54, 1.807) is 0 Å². The molecule has 0 aliphatic heterocycles. The minimum absolute atomic E-state index is 0.0135. The van der Waals surface area contributed by atoms with Gasteiger partial charge in [-0.25, -0.2) is 13.6 Å². The Morgan fingerprint density at radius 3 is 2.35 bits per heavy atom. The van der Waals surface area contributed by atoms with E-state index in [9.17, 15) is 21.6 Å². The van der Waals surface area contributed by atoms with Gasteiger partial charge in [0.05, 0.1) is 25.4 Å². The van der Waals surface area contributed by atoms with Crippen molar-refractivity contribution in [3.8, 4) is 0 Å². The van der Waals surface area contributed by atoms with E-state index in [0.29, 0.717) is 6.42 Å². The Morgan fingerprint density at radius 1 is 1.35 bits per heavy atom. The van der Waals surface area contributed by atoms with Gasteiger partial charge in [-0.3, -0.25) is 0 Å². The molecule has 1 unspecified atom stereocenters. The summed E-state index contributed by atoms with van der Waals surface area (Å²) in [6.07, 6.45) is -3.99. The molecule has 0 amide bonds. The lowest BCUT2D eigenvalue weighted by molar-refractivity contribution is -0.146. The Balaban J connectivity index is 3.94. The van der Waals surface area contributed by atoms with Crippen molar-refractivity contribution in [2.24, 2.45) is 11.1 Å². The number of ether oxygens (including phenoxy) is 1. The normalized spacial score (nSPS) is 14.9. The molecule has 0 aliphatic rings. The van der Waals surface area contributed by atoms with E-state index in [1.165, 1.54) is 0 Å². The Bertz CT molecular complexity index is 303. The summed E-state index contributed by atoms with van der Waals surface area (Å²) in [7, 11) is -3.61. The molecule has 104 valence electrons. The minimum Gasteiger partial charge on any atom is -0.381 e. The molecule has 0 bridgehead atoms. The van der Waals surface area contributed by atoms with E-state index < -0.39 is 29.2 Å². The van der Waals surface area contributed by atoms with Crippen LogP contribution in [0, 0.1) is 5.92 Å². The second-order valence-corrected chi connectivity index (χ2v) is 5.58. The highest BCUT2D eigenvalue weighted by Crippen LogP contribution is 2.19. The van der Waals surface area contributed by atoms with Crippen molar-refractivity contribution < 1.29 is 26.3 Å². The third-order valence-corrected chi connectivity index (χ3v) is 2.98. The molecule has 0 aromatic heterocycles. The Morgan fingerprint density at radius 2 is 1.94 bits per heavy atom. The number of nitrogens with two attached hydrogens (primary N) is 1. The summed E-state index contributed by atoms with van der Waals surface area (Å²) in [5.41, 5.74) is 0. The molecule has 0 fully saturated rings. The van der Waals surface area contributed by atoms with E-state index in [1.807, 2.05) is 6.92 Å². The predicted molar refractivity (Wildman–Crippen MR) is 57.9 cm³/mol. The maximum Gasteiger partial charge on any atom is 0.391 e. The molecule has 4 nitrogen and oxygen atoms in total. The van der Waals surface area contributed by atoms with Crippen LogP contribution in [0.15, 0.2) is 0 Å². The minimum atomic E-state index is -4.25. The van der Waals surface area contributed by atoms with Crippen LogP contribution in [0.1, 0.15) is 26.2 Å². The molecule has 0 radical (unpaired) electrons. The average Bonchev–Trinajstić information content (AvgIpc) is 2.08. The SMILES string of the molecule is CCCC(COCCC(F)(F)F)CS(N)(=O)=O. The first kappa shape index (κ1) is 16.7. The molecule has 17 heavy (non-hydrogen) atoms. The van der Waals surface area contributed by atoms with Crippen LogP contribution >= 0.6 is 0 Å². The van der Waals surface area contributed by atoms with Crippen LogP contribution in [-0.2, 0) is 14.8 Å². The Kier molecular flexibility index (Phi) is 7.03. The zero-order valence-corrected chi connectivity index (χ0v) is 10.5. The maximum absolute atomic E-state index is 11.8. The number of hydrogen-bond donors (Lipinski definition) is 1. The second kappa shape index (κ2) is 7.17. The number of halogens is 3. The van der Waals surface area contributed by atoms with Crippen molar-refractivity contribution in [3.63, 3.8) is 0 Å². The largest absolute Gasteiger partial charge is 0.391 e. The lowest BCUT2D eigenvalue weighted by Crippen LogP contribution is -2.26. The third kappa shape index (κ3) is 11.9. The summed E-state index contributed by atoms with van der Waals surface area (Å²) >= 11 is 0. The predicted octanol–water partition coefficient (Wildman–Crippen LogP) is 1.66. The van der Waals surface area contributed by atoms with Crippen LogP contribution < -0.4 is 5.14 Å². The first-order valence-corrected chi connectivity index (χ1v) is 7.00. The molecule has 1 atom stereocenters. The monoisotopic (exact) mass is 277 g/mol. The quantitative estimate of drug-likeness (QED) is 0.686. The van der Waals surface area contributed by atoms with Gasteiger partial charge in [-0.15, -0.1) is 0 Å². The van der Waals surface area contributed by atoms with Crippen molar-refractivity contribution in [2.75, 3.05) is 19.0 Å². The summed E-state index contributed by atoms with van der Waals surface area (Å²) in [4.78, 5) is 0. The third-order valence-electron chi connectivity index (χ3n) is 2.05. The molecule has 8 heteroatoms. The molecule has 0 saturated heterocycles. The molecule has 2 N–H and O–H groups in total. The molecule has 0 spiro atoms. The molecule has 0 rings (SSSR count). The number of primary sulfonamides is 1. The number of hydrogen-bond acceptors (Lipinski definition) is 3. The molecular formula is C9H18F3NO3S. The van der Waals surface area contributed by atoms with Crippen LogP contribution in [-0.4, -0.2) is 33.6 Å². The van der Waals surface area contributed by atoms with E-state index in [4.69, 9.17) is 9.88 Å². The highest BCUT2D eigenvalue weighted by Gasteiger charge is 2.26. The van der Waals surface area contributed by atoms with Gasteiger partial charge in [0.25, 0.3) is 0 Å². The molecule has 0 aromatic rings. The molecule has 0 aromatic carbocycles. The van der Waals surface area contributed by atoms with E-state index in [0.717, 1.165) is 6.42 Å². The van der Waals surface area contributed by atoms with Gasteiger partial charge in [0.1, 0.15) is 0 Å². The maximum atomic E-state index is 11.8. The summed E-state index contributed by atoms with van der Waals surface area (Å²) < 4.78 is 61.9. The first-order valence-electron chi connectivity index (χ1n) is 5.29. The van der Waals surface area contributed by atoms with E-state index in [-0.39, 0.29) is 18.3 Å². The van der Waals surface area contributed by atoms with Crippen LogP contribution in [0.3, 0.4) is 0 Å². The van der Waals surface area contributed by atoms with Crippen molar-refractivity contribution in [1.82, 2.24) is 0 Å². The standard InChI is InChI=1S/C9H18F3NO3S/c1-2-3-8(7-17(13,14)15)6-16-5-4-9(10,11)12/h8H,2-7H2,1H3,(H2,13,14,15). The summed E-state index contributed by atoms with van der Waals surface area (Å²) in [6.45, 7) is 1.39. The second-order valence-electron chi connectivity index (χ2n) is 3.92. The summed E-state index contributed by atoms with van der Waals surface area (Å²) in [5, 5.41) is 4.88. The lowest BCUT2D eigenvalue weighted by atomic mass is 10.1. The smallest absolute Gasteiger partial charge is 0.381 e. The highest BCUT2D eigenvalue weighted by atomic mass is 32.2. The highest BCUT2D eigenvalue weighted by molar-refractivity contribution is 7.89. The topological polar surface area (TPSA) is 69.4 Å². The number of sulfonamides is 1.